The summed E-state index contributed by atoms with van der Waals surface area (Å²) < 4.78 is 122. The van der Waals surface area contributed by atoms with Crippen molar-refractivity contribution < 1.29 is 157 Å². The molecule has 15 atom stereocenters. The van der Waals surface area contributed by atoms with E-state index in [0.29, 0.717) is 0 Å². The van der Waals surface area contributed by atoms with Gasteiger partial charge in [-0.05, 0) is 48.1 Å². The number of aromatic nitrogens is 12. The van der Waals surface area contributed by atoms with Crippen LogP contribution in [-0.4, -0.2) is 228 Å². The molecule has 0 aromatic carbocycles. The third-order valence-corrected chi connectivity index (χ3v) is 18.5. The summed E-state index contributed by atoms with van der Waals surface area (Å²) in [6.45, 7) is 2.51. The molecule has 6 unspecified atom stereocenters. The molecule has 564 valence electrons. The lowest BCUT2D eigenvalue weighted by Gasteiger charge is -2.16. The highest BCUT2D eigenvalue weighted by Crippen LogP contribution is 2.62. The zero-order valence-corrected chi connectivity index (χ0v) is 59.0. The van der Waals surface area contributed by atoms with Crippen LogP contribution in [0.25, 0.3) is 33.5 Å². The minimum atomic E-state index is -5.36. The first-order valence-corrected chi connectivity index (χ1v) is 37.4. The van der Waals surface area contributed by atoms with Crippen LogP contribution in [0.5, 0.6) is 0 Å². The number of aliphatic hydroxyl groups is 3. The third kappa shape index (κ3) is 29.4. The number of fused-ring (bicyclic) bond motifs is 3. The molecule has 3 saturated heterocycles. The molecular weight excluding hydrogens is 1560 g/mol. The number of ketones is 2. The van der Waals surface area contributed by atoms with Crippen LogP contribution < -0.4 is 33.9 Å². The summed E-state index contributed by atoms with van der Waals surface area (Å²) in [5, 5.41) is 45.2. The van der Waals surface area contributed by atoms with Crippen LogP contribution in [-0.2, 0) is 109 Å². The summed E-state index contributed by atoms with van der Waals surface area (Å²) >= 11 is 13.5. The number of carboxylic acid groups (broad SMARTS) is 2. The van der Waals surface area contributed by atoms with Crippen LogP contribution in [0.1, 0.15) is 60.2 Å². The molecule has 6 aromatic heterocycles. The van der Waals surface area contributed by atoms with E-state index in [1.54, 1.807) is 0 Å². The first-order valence-electron chi connectivity index (χ1n) is 25.8. The number of alkyl halides is 3. The van der Waals surface area contributed by atoms with E-state index in [1.165, 1.54) is 27.7 Å². The van der Waals surface area contributed by atoms with Gasteiger partial charge in [-0.2, -0.15) is 19.3 Å². The van der Waals surface area contributed by atoms with Crippen molar-refractivity contribution in [2.24, 2.45) is 0 Å². The molecule has 60 heteroatoms. The Labute approximate surface area is 571 Å². The summed E-state index contributed by atoms with van der Waals surface area (Å²) in [5.74, 6) is -1.97. The number of ether oxygens (including phenoxy) is 3. The Morgan fingerprint density at radius 2 is 0.810 bits per heavy atom. The normalized spacial score (nSPS) is 23.2. The van der Waals surface area contributed by atoms with Gasteiger partial charge >= 0.3 is 44.5 Å². The molecule has 3 fully saturated rings. The number of carbonyl (C=O) groups is 4. The van der Waals surface area contributed by atoms with Gasteiger partial charge in [-0.1, -0.05) is 0 Å². The van der Waals surface area contributed by atoms with E-state index in [-0.39, 0.29) is 73.9 Å². The fourth-order valence-electron chi connectivity index (χ4n) is 7.41. The molecule has 0 bridgehead atoms. The zero-order valence-electron chi connectivity index (χ0n) is 51.2. The number of nitrogens with zero attached hydrogens (tertiary/aromatic N) is 9. The first-order chi connectivity index (χ1) is 44.9. The van der Waals surface area contributed by atoms with E-state index in [9.17, 15) is 71.1 Å². The van der Waals surface area contributed by atoms with Crippen LogP contribution in [0.15, 0.2) is 33.4 Å². The fourth-order valence-corrected chi connectivity index (χ4v) is 13.6. The number of halogens is 3. The molecular formula is C40H64F3N15O33P6S3+2. The average molecular weight is 1620 g/mol. The van der Waals surface area contributed by atoms with Crippen molar-refractivity contribution in [2.45, 2.75) is 115 Å². The summed E-state index contributed by atoms with van der Waals surface area (Å²) in [7, 11) is -20.6. The summed E-state index contributed by atoms with van der Waals surface area (Å²) in [6, 6.07) is 0. The molecule has 0 amide bonds. The molecule has 48 nitrogen and oxygen atoms in total. The maximum Gasteiger partial charge on any atom is 0.532 e. The molecule has 0 spiro atoms. The highest BCUT2D eigenvalue weighted by molar-refractivity contribution is 8.06. The van der Waals surface area contributed by atoms with Crippen LogP contribution in [0, 0.1) is 0 Å². The Morgan fingerprint density at radius 3 is 1.06 bits per heavy atom. The number of nitrogens with one attached hydrogen (secondary N) is 3. The smallest absolute Gasteiger partial charge is 0.481 e. The number of anilines is 3. The topological polar surface area (TPSA) is 777 Å². The number of aliphatic carboxylic acids is 2. The van der Waals surface area contributed by atoms with E-state index < -0.39 is 167 Å². The molecule has 9 heterocycles. The number of carboxylic acids is 2. The fraction of sp³-hybridized carbons (Fsp3) is 0.525. The van der Waals surface area contributed by atoms with Crippen molar-refractivity contribution in [1.29, 1.82) is 0 Å². The van der Waals surface area contributed by atoms with E-state index in [0.717, 1.165) is 46.5 Å². The van der Waals surface area contributed by atoms with Gasteiger partial charge in [0.25, 0.3) is 28.6 Å². The van der Waals surface area contributed by atoms with Gasteiger partial charge in [0, 0.05) is 13.8 Å². The van der Waals surface area contributed by atoms with Crippen molar-refractivity contribution in [3.8, 4) is 0 Å². The number of Topliss-reactive ketones (excluding diaryl/α,β-unsaturated/α-hetero) is 2. The largest absolute Gasteiger partial charge is 0.532 e. The Morgan fingerprint density at radius 1 is 0.550 bits per heavy atom. The van der Waals surface area contributed by atoms with Crippen molar-refractivity contribution in [2.75, 3.05) is 37.0 Å². The SMILES string of the molecule is CC(=O)O.CC(=O)O.CC(C)=O.CC(C)=O.Nc1nc2c(ncn2[C@@H]2O[C@H](COP(O)(O)=S)C(F)[C@@H]2O)c(=O)[nH]1.Nc1nc2c(ncn2[C@@H]2O[C@H](CO[P+](=S)OP(=O)(O)O)C(F)[C@@H]2O)c(=O)[nH]1.Nc1nc2c(ncn2[C@@H]2O[C@H](CO[P+](=S)OP(=O)(O)OP(=O)(O)O)C(F)[C@@H]2O)c(=O)[nH]1.O.O. The number of phosphoric acid groups is 3. The molecule has 6 aromatic rings. The van der Waals surface area contributed by atoms with Gasteiger partial charge in [-0.15, -0.1) is 9.05 Å². The van der Waals surface area contributed by atoms with Gasteiger partial charge < -0.3 is 111 Å². The lowest BCUT2D eigenvalue weighted by Crippen LogP contribution is -2.30. The van der Waals surface area contributed by atoms with E-state index in [2.05, 4.69) is 97.7 Å². The maximum atomic E-state index is 14.5. The molecule has 9 rings (SSSR count). The Kier molecular flexibility index (Phi) is 36.5. The minimum Gasteiger partial charge on any atom is -0.481 e. The number of hydrogen-bond donors (Lipinski definition) is 18. The summed E-state index contributed by atoms with van der Waals surface area (Å²) in [5.41, 5.74) is 14.2. The quantitative estimate of drug-likeness (QED) is 0.0376. The highest BCUT2D eigenvalue weighted by Gasteiger charge is 2.50. The number of H-pyrrole nitrogens is 3. The Bertz CT molecular complexity index is 4160. The summed E-state index contributed by atoms with van der Waals surface area (Å²) in [6.07, 6.45) is -15.6. The standard InChI is InChI=1S/C10H13FN5O11P3S.C10H12FN5O8P2S.C10H13FN5O6PS.2C3H6O.2C2H4O2.2H2O/c11-4-3(1-24-28(31)26-30(22,23)27-29(19,20)21)25-9(6(4)17)16-2-13-5-7(16)14-10(12)15-8(5)18;11-4-3(1-22-25(27)24-26(19,20)21)23-9(6(4)17)16-2-13-5-7(16)14-10(12)15-8(5)18;11-4-3(1-21-23(19,20)24)22-9(6(4)17)16-2-13-5-7(16)14-10(12)15-8(5)18;2*1-3(2)4;2*1-2(3)4;;/h2-4,6,9,17H,1H2,(H5-,12,14,15,18,19,20,21,22,23);2-4,6,9,17H,1H2,(H4-,12,14,15,18,19,20,21);2-4,6,9,17H,1H2,(H2,19,20,24)(H3,12,14,15,18);2*1-2H3;2*1H3,(H,3,4);2*1H2/p+2/t3*3-,4?,6+,9-;;;;;;/m111....../s1. The zero-order chi connectivity index (χ0) is 75.0. The van der Waals surface area contributed by atoms with Crippen molar-refractivity contribution >= 4 is 155 Å². The van der Waals surface area contributed by atoms with Gasteiger partial charge in [0.05, 0.1) is 25.6 Å². The number of carbonyl (C=O) groups excluding carboxylic acids is 2. The Balaban J connectivity index is 0.000000671. The number of aromatic amines is 3. The number of hydrogen-bond acceptors (Lipinski definition) is 34. The number of aliphatic hydroxyl groups excluding tert-OH is 3. The second-order valence-electron chi connectivity index (χ2n) is 19.2. The van der Waals surface area contributed by atoms with E-state index in [1.807, 2.05) is 0 Å². The third-order valence-electron chi connectivity index (χ3n) is 10.7. The highest BCUT2D eigenvalue weighted by atomic mass is 32.5. The molecule has 0 aliphatic carbocycles. The van der Waals surface area contributed by atoms with Crippen LogP contribution >= 0.6 is 44.5 Å². The van der Waals surface area contributed by atoms with Gasteiger partial charge in [-0.25, -0.2) is 41.8 Å². The number of nitrogen functional groups attached to an aromatic ring is 3. The van der Waals surface area contributed by atoms with Gasteiger partial charge in [0.2, 0.25) is 41.5 Å². The first kappa shape index (κ1) is 92.1. The second-order valence-corrected chi connectivity index (χ2v) is 29.9. The average Bonchev–Trinajstić information content (AvgIpc) is 1.63. The van der Waals surface area contributed by atoms with E-state index >= 15 is 0 Å². The molecule has 3 aliphatic rings. The second kappa shape index (κ2) is 39.6. The lowest BCUT2D eigenvalue weighted by atomic mass is 10.1. The number of imidazole rings is 3. The molecule has 3 aliphatic heterocycles. The maximum absolute atomic E-state index is 14.5. The molecule has 100 heavy (non-hydrogen) atoms. The lowest BCUT2D eigenvalue weighted by molar-refractivity contribution is -0.135. The van der Waals surface area contributed by atoms with Crippen LogP contribution in [0.3, 0.4) is 0 Å². The molecule has 25 N–H and O–H groups in total. The van der Waals surface area contributed by atoms with Crippen molar-refractivity contribution in [1.82, 2.24) is 58.6 Å². The summed E-state index contributed by atoms with van der Waals surface area (Å²) in [4.78, 5) is 164. The predicted molar refractivity (Wildman–Crippen MR) is 341 cm³/mol. The van der Waals surface area contributed by atoms with Crippen molar-refractivity contribution in [3.05, 3.63) is 50.0 Å². The number of nitrogens with two attached hydrogens (primary N) is 3. The van der Waals surface area contributed by atoms with Crippen LogP contribution in [0.2, 0.25) is 0 Å². The van der Waals surface area contributed by atoms with Gasteiger partial charge in [0.15, 0.2) is 70.7 Å². The van der Waals surface area contributed by atoms with Gasteiger partial charge in [-0.3, -0.25) is 57.5 Å². The predicted octanol–water partition coefficient (Wildman–Crippen LogP) is -3.24. The van der Waals surface area contributed by atoms with Crippen LogP contribution in [0.4, 0.5) is 31.0 Å². The van der Waals surface area contributed by atoms with Crippen molar-refractivity contribution in [3.63, 3.8) is 0 Å². The van der Waals surface area contributed by atoms with E-state index in [4.69, 9.17) is 89.6 Å². The van der Waals surface area contributed by atoms with Gasteiger partial charge in [0.1, 0.15) is 61.4 Å². The Hall–Kier alpha value is -5.94. The molecule has 0 saturated carbocycles. The monoisotopic (exact) mass is 1620 g/mol. The molecule has 0 radical (unpaired) electrons. The number of rotatable bonds is 18. The minimum absolute atomic E-state index is 0.